The summed E-state index contributed by atoms with van der Waals surface area (Å²) in [6.45, 7) is 3.39. The van der Waals surface area contributed by atoms with Crippen LogP contribution >= 0.6 is 0 Å². The maximum absolute atomic E-state index is 11.2. The number of nitrogens with zero attached hydrogens (tertiary/aromatic N) is 3. The van der Waals surface area contributed by atoms with Gasteiger partial charge >= 0.3 is 5.82 Å². The summed E-state index contributed by atoms with van der Waals surface area (Å²) >= 11 is 0. The van der Waals surface area contributed by atoms with Gasteiger partial charge in [-0.15, -0.1) is 0 Å². The van der Waals surface area contributed by atoms with Crippen molar-refractivity contribution in [2.45, 2.75) is 38.6 Å². The molecule has 0 radical (unpaired) electrons. The van der Waals surface area contributed by atoms with E-state index < -0.39 is 4.92 Å². The average molecular weight is 278 g/mol. The molecule has 1 aromatic heterocycles. The molecule has 2 unspecified atom stereocenters. The summed E-state index contributed by atoms with van der Waals surface area (Å²) in [6.07, 6.45) is 5.97. The van der Waals surface area contributed by atoms with E-state index in [-0.39, 0.29) is 11.9 Å². The lowest BCUT2D eigenvalue weighted by Gasteiger charge is -2.40. The predicted octanol–water partition coefficient (Wildman–Crippen LogP) is 2.33. The lowest BCUT2D eigenvalue weighted by molar-refractivity contribution is -0.388. The number of nitro groups is 1. The fourth-order valence-electron chi connectivity index (χ4n) is 3.21. The number of rotatable bonds is 5. The third-order valence-electron chi connectivity index (χ3n) is 4.16. The Morgan fingerprint density at radius 2 is 2.25 bits per heavy atom. The molecule has 0 bridgehead atoms. The second kappa shape index (κ2) is 6.65. The minimum absolute atomic E-state index is 0.0595. The van der Waals surface area contributed by atoms with Crippen molar-refractivity contribution in [2.75, 3.05) is 18.0 Å². The lowest BCUT2D eigenvalue weighted by Crippen LogP contribution is -2.45. The quantitative estimate of drug-likeness (QED) is 0.660. The van der Waals surface area contributed by atoms with Gasteiger partial charge in [0.1, 0.15) is 11.9 Å². The molecule has 2 N–H and O–H groups in total. The van der Waals surface area contributed by atoms with E-state index >= 15 is 0 Å². The van der Waals surface area contributed by atoms with Crippen molar-refractivity contribution < 1.29 is 4.92 Å². The summed E-state index contributed by atoms with van der Waals surface area (Å²) in [6, 6.07) is 3.82. The highest BCUT2D eigenvalue weighted by molar-refractivity contribution is 5.59. The standard InChI is InChI=1S/C14H22N4O2/c1-2-17(12-7-4-3-6-11(12)10-15)13-8-5-9-16-14(13)18(19)20/h5,8-9,11-12H,2-4,6-7,10,15H2,1H3. The summed E-state index contributed by atoms with van der Waals surface area (Å²) in [5.74, 6) is 0.346. The minimum Gasteiger partial charge on any atom is -0.362 e. The van der Waals surface area contributed by atoms with E-state index in [1.54, 1.807) is 12.1 Å². The van der Waals surface area contributed by atoms with Crippen molar-refractivity contribution in [3.8, 4) is 0 Å². The number of hydrogen-bond donors (Lipinski definition) is 1. The molecular formula is C14H22N4O2. The highest BCUT2D eigenvalue weighted by Crippen LogP contribution is 2.34. The normalized spacial score (nSPS) is 22.5. The van der Waals surface area contributed by atoms with Crippen LogP contribution in [0.1, 0.15) is 32.6 Å². The van der Waals surface area contributed by atoms with Gasteiger partial charge in [-0.1, -0.05) is 12.8 Å². The summed E-state index contributed by atoms with van der Waals surface area (Å²) in [5, 5.41) is 11.2. The minimum atomic E-state index is -0.404. The van der Waals surface area contributed by atoms with Crippen LogP contribution < -0.4 is 10.6 Å². The molecule has 0 aliphatic heterocycles. The Hall–Kier alpha value is -1.69. The van der Waals surface area contributed by atoms with Gasteiger partial charge in [-0.05, 0) is 54.3 Å². The van der Waals surface area contributed by atoms with Gasteiger partial charge in [0.25, 0.3) is 0 Å². The van der Waals surface area contributed by atoms with E-state index in [1.807, 2.05) is 6.92 Å². The average Bonchev–Trinajstić information content (AvgIpc) is 2.49. The molecule has 1 aliphatic rings. The van der Waals surface area contributed by atoms with E-state index in [1.165, 1.54) is 12.6 Å². The lowest BCUT2D eigenvalue weighted by atomic mass is 9.83. The Bertz CT molecular complexity index is 466. The first-order valence-corrected chi connectivity index (χ1v) is 7.25. The van der Waals surface area contributed by atoms with Gasteiger partial charge in [0, 0.05) is 12.6 Å². The molecule has 20 heavy (non-hydrogen) atoms. The SMILES string of the molecule is CCN(c1cccnc1[N+](=O)[O-])C1CCCCC1CN. The summed E-state index contributed by atoms with van der Waals surface area (Å²) in [4.78, 5) is 16.8. The topological polar surface area (TPSA) is 85.3 Å². The highest BCUT2D eigenvalue weighted by atomic mass is 16.6. The highest BCUT2D eigenvalue weighted by Gasteiger charge is 2.32. The molecule has 0 saturated heterocycles. The van der Waals surface area contributed by atoms with Crippen molar-refractivity contribution in [3.63, 3.8) is 0 Å². The number of aromatic nitrogens is 1. The molecule has 2 rings (SSSR count). The van der Waals surface area contributed by atoms with Crippen molar-refractivity contribution in [3.05, 3.63) is 28.4 Å². The van der Waals surface area contributed by atoms with Gasteiger partial charge in [0.2, 0.25) is 0 Å². The zero-order chi connectivity index (χ0) is 14.5. The molecule has 1 fully saturated rings. The summed E-state index contributed by atoms with van der Waals surface area (Å²) in [7, 11) is 0. The number of pyridine rings is 1. The van der Waals surface area contributed by atoms with Crippen LogP contribution in [0.3, 0.4) is 0 Å². The van der Waals surface area contributed by atoms with E-state index in [2.05, 4.69) is 9.88 Å². The molecule has 2 atom stereocenters. The molecule has 0 aromatic carbocycles. The Labute approximate surface area is 119 Å². The Morgan fingerprint density at radius 1 is 1.50 bits per heavy atom. The number of hydrogen-bond acceptors (Lipinski definition) is 5. The van der Waals surface area contributed by atoms with Gasteiger partial charge in [-0.3, -0.25) is 0 Å². The van der Waals surface area contributed by atoms with Gasteiger partial charge in [-0.25, -0.2) is 0 Å². The van der Waals surface area contributed by atoms with Crippen LogP contribution in [0.25, 0.3) is 0 Å². The molecule has 6 heteroatoms. The molecule has 1 aliphatic carbocycles. The number of nitrogens with two attached hydrogens (primary N) is 1. The van der Waals surface area contributed by atoms with E-state index in [0.29, 0.717) is 18.2 Å². The molecule has 110 valence electrons. The van der Waals surface area contributed by atoms with Crippen LogP contribution in [0.15, 0.2) is 18.3 Å². The molecule has 1 heterocycles. The fraction of sp³-hybridized carbons (Fsp3) is 0.643. The molecule has 6 nitrogen and oxygen atoms in total. The first kappa shape index (κ1) is 14.7. The van der Waals surface area contributed by atoms with E-state index in [0.717, 1.165) is 25.8 Å². The molecule has 0 spiro atoms. The largest absolute Gasteiger partial charge is 0.387 e. The molecular weight excluding hydrogens is 256 g/mol. The molecule has 0 amide bonds. The smallest absolute Gasteiger partial charge is 0.362 e. The zero-order valence-electron chi connectivity index (χ0n) is 11.9. The van der Waals surface area contributed by atoms with Crippen LogP contribution in [0.4, 0.5) is 11.5 Å². The van der Waals surface area contributed by atoms with Crippen LogP contribution in [-0.2, 0) is 0 Å². The fourth-order valence-corrected chi connectivity index (χ4v) is 3.21. The zero-order valence-corrected chi connectivity index (χ0v) is 11.9. The Morgan fingerprint density at radius 3 is 2.90 bits per heavy atom. The second-order valence-electron chi connectivity index (χ2n) is 5.24. The maximum atomic E-state index is 11.2. The van der Waals surface area contributed by atoms with Gasteiger partial charge in [0.15, 0.2) is 0 Å². The van der Waals surface area contributed by atoms with Gasteiger partial charge in [0.05, 0.1) is 0 Å². The first-order chi connectivity index (χ1) is 9.69. The van der Waals surface area contributed by atoms with Crippen LogP contribution in [0, 0.1) is 16.0 Å². The predicted molar refractivity (Wildman–Crippen MR) is 78.7 cm³/mol. The monoisotopic (exact) mass is 278 g/mol. The van der Waals surface area contributed by atoms with Crippen LogP contribution in [-0.4, -0.2) is 29.0 Å². The summed E-state index contributed by atoms with van der Waals surface area (Å²) in [5.41, 5.74) is 6.50. The first-order valence-electron chi connectivity index (χ1n) is 7.25. The van der Waals surface area contributed by atoms with E-state index in [4.69, 9.17) is 5.73 Å². The Kier molecular flexibility index (Phi) is 4.89. The van der Waals surface area contributed by atoms with Crippen molar-refractivity contribution in [1.82, 2.24) is 4.98 Å². The third-order valence-corrected chi connectivity index (χ3v) is 4.16. The van der Waals surface area contributed by atoms with Gasteiger partial charge < -0.3 is 20.7 Å². The van der Waals surface area contributed by atoms with E-state index in [9.17, 15) is 10.1 Å². The molecule has 1 saturated carbocycles. The second-order valence-corrected chi connectivity index (χ2v) is 5.24. The van der Waals surface area contributed by atoms with Crippen molar-refractivity contribution in [2.24, 2.45) is 11.7 Å². The van der Waals surface area contributed by atoms with Crippen molar-refractivity contribution in [1.29, 1.82) is 0 Å². The number of anilines is 1. The molecule has 1 aromatic rings. The summed E-state index contributed by atoms with van der Waals surface area (Å²) < 4.78 is 0. The Balaban J connectivity index is 2.34. The van der Waals surface area contributed by atoms with Crippen LogP contribution in [0.5, 0.6) is 0 Å². The third kappa shape index (κ3) is 2.90. The van der Waals surface area contributed by atoms with Gasteiger partial charge in [-0.2, -0.15) is 0 Å². The maximum Gasteiger partial charge on any atom is 0.387 e. The van der Waals surface area contributed by atoms with Crippen LogP contribution in [0.2, 0.25) is 0 Å². The van der Waals surface area contributed by atoms with Crippen molar-refractivity contribution >= 4 is 11.5 Å².